The number of nitrogens with one attached hydrogen (secondary N) is 1. The zero-order valence-corrected chi connectivity index (χ0v) is 8.99. The molecule has 0 aliphatic carbocycles. The number of aromatic nitrogens is 2. The van der Waals surface area contributed by atoms with Gasteiger partial charge in [-0.3, -0.25) is 5.41 Å². The van der Waals surface area contributed by atoms with Gasteiger partial charge in [0, 0.05) is 17.6 Å². The first-order valence-corrected chi connectivity index (χ1v) is 4.87. The molecule has 4 heteroatoms. The molecule has 0 bridgehead atoms. The number of aryl methyl sites for hydroxylation is 1. The summed E-state index contributed by atoms with van der Waals surface area (Å²) in [5.41, 5.74) is 2.00. The van der Waals surface area contributed by atoms with E-state index in [1.54, 1.807) is 24.7 Å². The quantitative estimate of drug-likeness (QED) is 0.775. The van der Waals surface area contributed by atoms with Crippen LogP contribution in [0, 0.1) is 5.41 Å². The van der Waals surface area contributed by atoms with Gasteiger partial charge in [0.05, 0.1) is 23.9 Å². The van der Waals surface area contributed by atoms with Crippen LogP contribution in [-0.4, -0.2) is 15.3 Å². The van der Waals surface area contributed by atoms with Crippen molar-refractivity contribution in [2.75, 3.05) is 0 Å². The van der Waals surface area contributed by atoms with E-state index in [4.69, 9.17) is 17.0 Å². The first-order chi connectivity index (χ1) is 7.18. The Balaban J connectivity index is 2.41. The topological polar surface area (TPSA) is 41.7 Å². The lowest BCUT2D eigenvalue weighted by Crippen LogP contribution is -2.06. The van der Waals surface area contributed by atoms with Gasteiger partial charge >= 0.3 is 0 Å². The lowest BCUT2D eigenvalue weighted by Gasteiger charge is -2.04. The predicted octanol–water partition coefficient (Wildman–Crippen LogP) is 2.49. The highest BCUT2D eigenvalue weighted by molar-refractivity contribution is 6.31. The monoisotopic (exact) mass is 219 g/mol. The number of hydrogen-bond donors (Lipinski definition) is 1. The molecule has 1 aromatic carbocycles. The van der Waals surface area contributed by atoms with E-state index in [0.29, 0.717) is 10.7 Å². The lowest BCUT2D eigenvalue weighted by atomic mass is 10.1. The SMILES string of the molecule is Cn1cncc1C(=N)c1cccc(Cl)c1. The van der Waals surface area contributed by atoms with E-state index in [1.165, 1.54) is 0 Å². The first-order valence-electron chi connectivity index (χ1n) is 4.49. The third-order valence-corrected chi connectivity index (χ3v) is 2.42. The molecule has 0 amide bonds. The minimum absolute atomic E-state index is 0.428. The minimum atomic E-state index is 0.428. The van der Waals surface area contributed by atoms with Gasteiger partial charge in [0.25, 0.3) is 0 Å². The molecule has 3 nitrogen and oxygen atoms in total. The highest BCUT2D eigenvalue weighted by atomic mass is 35.5. The molecule has 0 radical (unpaired) electrons. The predicted molar refractivity (Wildman–Crippen MR) is 60.6 cm³/mol. The number of nitrogens with zero attached hydrogens (tertiary/aromatic N) is 2. The van der Waals surface area contributed by atoms with Crippen LogP contribution in [0.15, 0.2) is 36.8 Å². The van der Waals surface area contributed by atoms with E-state index in [9.17, 15) is 0 Å². The molecule has 0 atom stereocenters. The fourth-order valence-electron chi connectivity index (χ4n) is 1.39. The Labute approximate surface area is 92.8 Å². The standard InChI is InChI=1S/C11H10ClN3/c1-15-7-14-6-10(15)11(13)8-3-2-4-9(12)5-8/h2-7,13H,1H3. The van der Waals surface area contributed by atoms with Crippen molar-refractivity contribution in [2.24, 2.45) is 7.05 Å². The molecule has 0 aliphatic rings. The molecule has 2 rings (SSSR count). The van der Waals surface area contributed by atoms with Crippen molar-refractivity contribution >= 4 is 17.3 Å². The van der Waals surface area contributed by atoms with Crippen LogP contribution >= 0.6 is 11.6 Å². The van der Waals surface area contributed by atoms with E-state index in [-0.39, 0.29) is 0 Å². The van der Waals surface area contributed by atoms with Gasteiger partial charge in [0.2, 0.25) is 0 Å². The Hall–Kier alpha value is -1.61. The molecule has 1 N–H and O–H groups in total. The summed E-state index contributed by atoms with van der Waals surface area (Å²) < 4.78 is 1.81. The highest BCUT2D eigenvalue weighted by Crippen LogP contribution is 2.14. The third-order valence-electron chi connectivity index (χ3n) is 2.19. The molecular formula is C11H10ClN3. The Kier molecular flexibility index (Phi) is 2.56. The van der Waals surface area contributed by atoms with Gasteiger partial charge < -0.3 is 4.57 Å². The number of benzene rings is 1. The Morgan fingerprint density at radius 1 is 1.47 bits per heavy atom. The molecule has 0 unspecified atom stereocenters. The second-order valence-corrected chi connectivity index (χ2v) is 3.71. The number of rotatable bonds is 2. The molecule has 1 heterocycles. The van der Waals surface area contributed by atoms with E-state index < -0.39 is 0 Å². The molecule has 1 aromatic heterocycles. The molecule has 15 heavy (non-hydrogen) atoms. The molecule has 0 saturated heterocycles. The average Bonchev–Trinajstić information content (AvgIpc) is 2.63. The second-order valence-electron chi connectivity index (χ2n) is 3.28. The Morgan fingerprint density at radius 3 is 2.87 bits per heavy atom. The van der Waals surface area contributed by atoms with Gasteiger partial charge in [-0.2, -0.15) is 0 Å². The summed E-state index contributed by atoms with van der Waals surface area (Å²) in [6, 6.07) is 7.27. The average molecular weight is 220 g/mol. The smallest absolute Gasteiger partial charge is 0.0948 e. The molecule has 0 spiro atoms. The normalized spacial score (nSPS) is 10.3. The van der Waals surface area contributed by atoms with Crippen LogP contribution in [-0.2, 0) is 7.05 Å². The van der Waals surface area contributed by atoms with Crippen molar-refractivity contribution in [3.05, 3.63) is 53.1 Å². The minimum Gasteiger partial charge on any atom is -0.332 e. The summed E-state index contributed by atoms with van der Waals surface area (Å²) in [5, 5.41) is 8.64. The van der Waals surface area contributed by atoms with Crippen molar-refractivity contribution in [1.82, 2.24) is 9.55 Å². The summed E-state index contributed by atoms with van der Waals surface area (Å²) in [6.45, 7) is 0. The van der Waals surface area contributed by atoms with E-state index in [0.717, 1.165) is 11.3 Å². The molecule has 76 valence electrons. The highest BCUT2D eigenvalue weighted by Gasteiger charge is 2.08. The van der Waals surface area contributed by atoms with Gasteiger partial charge in [-0.05, 0) is 12.1 Å². The third kappa shape index (κ3) is 1.92. The fourth-order valence-corrected chi connectivity index (χ4v) is 1.58. The van der Waals surface area contributed by atoms with Gasteiger partial charge in [0.15, 0.2) is 0 Å². The van der Waals surface area contributed by atoms with Crippen molar-refractivity contribution in [2.45, 2.75) is 0 Å². The summed E-state index contributed by atoms with van der Waals surface area (Å²) in [6.07, 6.45) is 3.34. The van der Waals surface area contributed by atoms with Crippen molar-refractivity contribution < 1.29 is 0 Å². The van der Waals surface area contributed by atoms with E-state index in [2.05, 4.69) is 4.98 Å². The van der Waals surface area contributed by atoms with Crippen LogP contribution < -0.4 is 0 Å². The number of hydrogen-bond acceptors (Lipinski definition) is 2. The molecular weight excluding hydrogens is 210 g/mol. The van der Waals surface area contributed by atoms with Gasteiger partial charge in [-0.25, -0.2) is 4.98 Å². The molecule has 2 aromatic rings. The van der Waals surface area contributed by atoms with Gasteiger partial charge in [-0.15, -0.1) is 0 Å². The molecule has 0 fully saturated rings. The summed E-state index contributed by atoms with van der Waals surface area (Å²) in [5.74, 6) is 0. The van der Waals surface area contributed by atoms with Crippen molar-refractivity contribution in [1.29, 1.82) is 5.41 Å². The first kappa shape index (κ1) is 9.93. The lowest BCUT2D eigenvalue weighted by molar-refractivity contribution is 0.901. The zero-order chi connectivity index (χ0) is 10.8. The van der Waals surface area contributed by atoms with Crippen molar-refractivity contribution in [3.63, 3.8) is 0 Å². The van der Waals surface area contributed by atoms with Crippen LogP contribution in [0.5, 0.6) is 0 Å². The summed E-state index contributed by atoms with van der Waals surface area (Å²) in [7, 11) is 1.86. The number of halogens is 1. The zero-order valence-electron chi connectivity index (χ0n) is 8.24. The largest absolute Gasteiger partial charge is 0.332 e. The van der Waals surface area contributed by atoms with E-state index in [1.807, 2.05) is 23.7 Å². The maximum absolute atomic E-state index is 8.01. The van der Waals surface area contributed by atoms with Crippen LogP contribution in [0.4, 0.5) is 0 Å². The van der Waals surface area contributed by atoms with Crippen LogP contribution in [0.1, 0.15) is 11.3 Å². The van der Waals surface area contributed by atoms with Gasteiger partial charge in [0.1, 0.15) is 0 Å². The fraction of sp³-hybridized carbons (Fsp3) is 0.0909. The van der Waals surface area contributed by atoms with Crippen LogP contribution in [0.25, 0.3) is 0 Å². The number of imidazole rings is 1. The van der Waals surface area contributed by atoms with Crippen LogP contribution in [0.2, 0.25) is 5.02 Å². The molecule has 0 aliphatic heterocycles. The van der Waals surface area contributed by atoms with Gasteiger partial charge in [-0.1, -0.05) is 23.7 Å². The second kappa shape index (κ2) is 3.87. The Bertz CT molecular complexity index is 502. The summed E-state index contributed by atoms with van der Waals surface area (Å²) >= 11 is 5.87. The summed E-state index contributed by atoms with van der Waals surface area (Å²) in [4.78, 5) is 3.98. The van der Waals surface area contributed by atoms with Crippen molar-refractivity contribution in [3.8, 4) is 0 Å². The van der Waals surface area contributed by atoms with E-state index >= 15 is 0 Å². The molecule has 0 saturated carbocycles. The Morgan fingerprint density at radius 2 is 2.27 bits per heavy atom. The van der Waals surface area contributed by atoms with Crippen LogP contribution in [0.3, 0.4) is 0 Å². The maximum atomic E-state index is 8.01. The maximum Gasteiger partial charge on any atom is 0.0948 e.